The van der Waals surface area contributed by atoms with Crippen LogP contribution in [0.15, 0.2) is 94.5 Å². The van der Waals surface area contributed by atoms with Crippen LogP contribution in [0.3, 0.4) is 0 Å². The summed E-state index contributed by atoms with van der Waals surface area (Å²) in [6, 6.07) is 19.0. The Balaban J connectivity index is 0.767. The number of rotatable bonds is 36. The number of alkyl halides is 2. The van der Waals surface area contributed by atoms with Crippen LogP contribution < -0.4 is 31.3 Å². The Bertz CT molecular complexity index is 2760. The summed E-state index contributed by atoms with van der Waals surface area (Å²) in [5.41, 5.74) is 4.48. The normalized spacial score (nSPS) is 13.7. The van der Waals surface area contributed by atoms with E-state index in [9.17, 15) is 28.0 Å². The molecule has 20 nitrogen and oxygen atoms in total. The minimum atomic E-state index is -2.91. The second-order valence-electron chi connectivity index (χ2n) is 19.0. The first kappa shape index (κ1) is 62.3. The number of nitrogens with one attached hydrogen (secondary N) is 3. The number of urea groups is 1. The van der Waals surface area contributed by atoms with Gasteiger partial charge in [-0.1, -0.05) is 35.9 Å². The predicted molar refractivity (Wildman–Crippen MR) is 304 cm³/mol. The molecule has 2 heterocycles. The number of hydrazone groups is 1. The number of halogens is 3. The van der Waals surface area contributed by atoms with E-state index in [1.165, 1.54) is 16.2 Å². The first-order chi connectivity index (χ1) is 38.7. The van der Waals surface area contributed by atoms with Crippen LogP contribution in [0.2, 0.25) is 5.02 Å². The van der Waals surface area contributed by atoms with E-state index < -0.39 is 48.7 Å². The fraction of sp³-hybridized carbons (Fsp3) is 0.464. The Hall–Kier alpha value is -6.89. The van der Waals surface area contributed by atoms with Gasteiger partial charge in [-0.15, -0.1) is 11.3 Å². The number of thiazole rings is 1. The van der Waals surface area contributed by atoms with Gasteiger partial charge in [0.1, 0.15) is 30.4 Å². The number of aromatic nitrogens is 3. The second kappa shape index (κ2) is 33.0. The van der Waals surface area contributed by atoms with Gasteiger partial charge in [-0.05, 0) is 99.4 Å². The third-order valence-corrected chi connectivity index (χ3v) is 13.8. The zero-order valence-electron chi connectivity index (χ0n) is 45.5. The molecule has 1 unspecified atom stereocenters. The van der Waals surface area contributed by atoms with Crippen LogP contribution in [0, 0.1) is 6.92 Å². The molecule has 1 atom stereocenters. The number of carbonyl (C=O) groups excluding carboxylic acids is 4. The maximum atomic E-state index is 14.3. The fourth-order valence-electron chi connectivity index (χ4n) is 8.42. The number of hydrogen-bond donors (Lipinski definition) is 4. The highest BCUT2D eigenvalue weighted by atomic mass is 35.5. The smallest absolute Gasteiger partial charge is 0.325 e. The lowest BCUT2D eigenvalue weighted by atomic mass is 9.84. The van der Waals surface area contributed by atoms with E-state index in [1.807, 2.05) is 31.3 Å². The van der Waals surface area contributed by atoms with Crippen LogP contribution in [0.1, 0.15) is 72.6 Å². The standard InChI is InChI=1S/C56H72ClF2N11O9S/c1-40-50(38-69(3)67-40)52(53(73)62-36-42-6-11-43(57)12-7-42)70(47-34-56(58,59)35-47)51(72)19-10-41-8-15-48(16-9-41)78-26-5-4-23-68(2)24-29-77-31-30-75-27-21-45(66-60)37-61-22-28-76-32-33-79-49-17-13-44(14-18-49)63-54(74)65-55-64-46(20-25-71)39-80-55/h6-9,11-18,25,37-39,47,52H,4-5,10,19-24,26-36,60H2,1-3H3,(H,62,73)(H2,63,64,65,74)/b61-37?,66-45-. The number of aryl methyl sites for hydroxylation is 3. The molecule has 1 fully saturated rings. The Morgan fingerprint density at radius 1 is 0.875 bits per heavy atom. The molecule has 0 bridgehead atoms. The number of likely N-dealkylation sites (N-methyl/N-ethyl adjacent to an activating group) is 1. The molecule has 0 saturated heterocycles. The van der Waals surface area contributed by atoms with Gasteiger partial charge >= 0.3 is 6.03 Å². The van der Waals surface area contributed by atoms with Crippen molar-refractivity contribution in [1.29, 1.82) is 0 Å². The second-order valence-corrected chi connectivity index (χ2v) is 20.3. The van der Waals surface area contributed by atoms with Gasteiger partial charge in [0.2, 0.25) is 11.8 Å². The molecule has 4 amide bonds. The molecule has 5 aromatic rings. The Morgan fingerprint density at radius 2 is 1.55 bits per heavy atom. The zero-order chi connectivity index (χ0) is 57.1. The molecule has 80 heavy (non-hydrogen) atoms. The van der Waals surface area contributed by atoms with Gasteiger partial charge in [0.25, 0.3) is 5.92 Å². The quantitative estimate of drug-likeness (QED) is 0.00985. The first-order valence-corrected chi connectivity index (χ1v) is 27.7. The summed E-state index contributed by atoms with van der Waals surface area (Å²) in [5.74, 6) is 3.09. The Labute approximate surface area is 474 Å². The van der Waals surface area contributed by atoms with Crippen molar-refractivity contribution in [3.05, 3.63) is 117 Å². The summed E-state index contributed by atoms with van der Waals surface area (Å²) in [6.07, 6.45) is 5.86. The molecular weight excluding hydrogens is 1080 g/mol. The number of aliphatic imine (C=N–C) groups is 1. The van der Waals surface area contributed by atoms with Crippen LogP contribution in [-0.4, -0.2) is 152 Å². The SMILES string of the molecule is Cc1nn(C)cc1C(C(=O)NCc1ccc(Cl)cc1)N(C(=O)CCc1ccc(OCCCCN(C)CCOCCOCC/C(C=NCCOCCOc2ccc(NC(=O)Nc3nc(CC=O)cs3)cc2)=N/N)cc1)C1CC(F)(F)C1. The van der Waals surface area contributed by atoms with Crippen LogP contribution in [0.5, 0.6) is 11.5 Å². The van der Waals surface area contributed by atoms with E-state index in [-0.39, 0.29) is 19.4 Å². The van der Waals surface area contributed by atoms with Crippen molar-refractivity contribution in [3.8, 4) is 11.5 Å². The maximum Gasteiger partial charge on any atom is 0.325 e. The van der Waals surface area contributed by atoms with Gasteiger partial charge in [-0.25, -0.2) is 18.6 Å². The lowest BCUT2D eigenvalue weighted by Gasteiger charge is -2.45. The minimum absolute atomic E-state index is 0.0195. The lowest BCUT2D eigenvalue weighted by molar-refractivity contribution is -0.164. The van der Waals surface area contributed by atoms with E-state index in [1.54, 1.807) is 85.0 Å². The van der Waals surface area contributed by atoms with Gasteiger partial charge in [0, 0.05) is 92.3 Å². The van der Waals surface area contributed by atoms with Crippen molar-refractivity contribution < 1.29 is 51.6 Å². The van der Waals surface area contributed by atoms with Crippen LogP contribution >= 0.6 is 22.9 Å². The number of benzene rings is 3. The van der Waals surface area contributed by atoms with E-state index in [4.69, 9.17) is 41.1 Å². The summed E-state index contributed by atoms with van der Waals surface area (Å²) in [4.78, 5) is 63.0. The highest BCUT2D eigenvalue weighted by molar-refractivity contribution is 7.14. The molecule has 0 radical (unpaired) electrons. The van der Waals surface area contributed by atoms with Gasteiger partial charge in [-0.2, -0.15) is 10.2 Å². The van der Waals surface area contributed by atoms with Crippen LogP contribution in [-0.2, 0) is 55.0 Å². The number of aldehydes is 1. The van der Waals surface area contributed by atoms with Gasteiger partial charge in [0.15, 0.2) is 5.13 Å². The molecule has 3 aromatic carbocycles. The van der Waals surface area contributed by atoms with Gasteiger partial charge in [0.05, 0.1) is 69.9 Å². The molecule has 5 N–H and O–H groups in total. The van der Waals surface area contributed by atoms with Crippen LogP contribution in [0.25, 0.3) is 0 Å². The van der Waals surface area contributed by atoms with Crippen molar-refractivity contribution in [1.82, 2.24) is 29.9 Å². The first-order valence-electron chi connectivity index (χ1n) is 26.5. The largest absolute Gasteiger partial charge is 0.494 e. The molecular formula is C56H72ClF2N11O9S. The summed E-state index contributed by atoms with van der Waals surface area (Å²) < 4.78 is 59.0. The minimum Gasteiger partial charge on any atom is -0.494 e. The van der Waals surface area contributed by atoms with Crippen molar-refractivity contribution >= 4 is 69.8 Å². The number of carbonyl (C=O) groups is 4. The molecule has 24 heteroatoms. The highest BCUT2D eigenvalue weighted by Gasteiger charge is 2.52. The number of anilines is 2. The third kappa shape index (κ3) is 21.6. The summed E-state index contributed by atoms with van der Waals surface area (Å²) in [7, 11) is 3.76. The molecule has 0 aliphatic heterocycles. The van der Waals surface area contributed by atoms with Crippen LogP contribution in [0.4, 0.5) is 24.4 Å². The average molecular weight is 1150 g/mol. The summed E-state index contributed by atoms with van der Waals surface area (Å²) >= 11 is 7.28. The van der Waals surface area contributed by atoms with Gasteiger partial charge < -0.3 is 54.8 Å². The fourth-order valence-corrected chi connectivity index (χ4v) is 9.27. The van der Waals surface area contributed by atoms with Gasteiger partial charge in [-0.3, -0.25) is 24.6 Å². The number of amides is 4. The van der Waals surface area contributed by atoms with E-state index >= 15 is 0 Å². The average Bonchev–Trinajstić information content (AvgIpc) is 4.05. The third-order valence-electron chi connectivity index (χ3n) is 12.7. The molecule has 6 rings (SSSR count). The zero-order valence-corrected chi connectivity index (χ0v) is 47.0. The van der Waals surface area contributed by atoms with Crippen molar-refractivity contribution in [2.24, 2.45) is 23.0 Å². The van der Waals surface area contributed by atoms with Crippen molar-refractivity contribution in [2.45, 2.75) is 82.8 Å². The summed E-state index contributed by atoms with van der Waals surface area (Å²) in [5, 5.41) is 19.2. The Kier molecular flexibility index (Phi) is 25.7. The van der Waals surface area contributed by atoms with Crippen molar-refractivity contribution in [2.75, 3.05) is 90.2 Å². The number of nitrogens with two attached hydrogens (primary N) is 1. The number of nitrogens with zero attached hydrogens (tertiary/aromatic N) is 7. The van der Waals surface area contributed by atoms with E-state index in [0.717, 1.165) is 43.3 Å². The highest BCUT2D eigenvalue weighted by Crippen LogP contribution is 2.44. The molecule has 2 aromatic heterocycles. The lowest BCUT2D eigenvalue weighted by Crippen LogP contribution is -2.56. The molecule has 1 aliphatic rings. The molecule has 1 saturated carbocycles. The summed E-state index contributed by atoms with van der Waals surface area (Å²) in [6.45, 7) is 7.49. The topological polar surface area (TPSA) is 238 Å². The van der Waals surface area contributed by atoms with E-state index in [0.29, 0.717) is 122 Å². The number of hydrogen-bond acceptors (Lipinski definition) is 16. The predicted octanol–water partition coefficient (Wildman–Crippen LogP) is 7.84. The monoisotopic (exact) mass is 1150 g/mol. The molecule has 1 aliphatic carbocycles. The molecule has 0 spiro atoms. The molecule has 432 valence electrons. The van der Waals surface area contributed by atoms with E-state index in [2.05, 4.69) is 41.0 Å². The number of unbranched alkanes of at least 4 members (excludes halogenated alkanes) is 1. The maximum absolute atomic E-state index is 14.3. The Morgan fingerprint density at radius 3 is 2.24 bits per heavy atom. The number of ether oxygens (including phenoxy) is 5. The van der Waals surface area contributed by atoms with Crippen molar-refractivity contribution in [3.63, 3.8) is 0 Å².